The molecule has 3 nitrogen and oxygen atoms in total. The lowest BCUT2D eigenvalue weighted by atomic mass is 10.1. The van der Waals surface area contributed by atoms with E-state index in [4.69, 9.17) is 5.73 Å². The Kier molecular flexibility index (Phi) is 4.46. The zero-order valence-electron chi connectivity index (χ0n) is 10.2. The fourth-order valence-electron chi connectivity index (χ4n) is 1.65. The SMILES string of the molecule is Cc1cccc(C(=O)Nc2cc(N)ccc2Br)c1I. The number of benzene rings is 2. The van der Waals surface area contributed by atoms with Gasteiger partial charge in [0.15, 0.2) is 0 Å². The summed E-state index contributed by atoms with van der Waals surface area (Å²) in [7, 11) is 0. The predicted molar refractivity (Wildman–Crippen MR) is 90.4 cm³/mol. The molecule has 0 aliphatic rings. The average Bonchev–Trinajstić information content (AvgIpc) is 2.37. The van der Waals surface area contributed by atoms with Gasteiger partial charge in [0.2, 0.25) is 0 Å². The van der Waals surface area contributed by atoms with Gasteiger partial charge in [-0.05, 0) is 75.3 Å². The van der Waals surface area contributed by atoms with Gasteiger partial charge in [-0.15, -0.1) is 0 Å². The molecule has 0 fully saturated rings. The highest BCUT2D eigenvalue weighted by molar-refractivity contribution is 14.1. The van der Waals surface area contributed by atoms with Crippen LogP contribution in [-0.4, -0.2) is 5.91 Å². The number of hydrogen-bond donors (Lipinski definition) is 2. The Labute approximate surface area is 133 Å². The van der Waals surface area contributed by atoms with E-state index in [1.165, 1.54) is 0 Å². The van der Waals surface area contributed by atoms with E-state index in [9.17, 15) is 4.79 Å². The summed E-state index contributed by atoms with van der Waals surface area (Å²) in [5, 5.41) is 2.86. The fraction of sp³-hybridized carbons (Fsp3) is 0.0714. The van der Waals surface area contributed by atoms with Crippen LogP contribution in [0.4, 0.5) is 11.4 Å². The summed E-state index contributed by atoms with van der Waals surface area (Å²) in [5.74, 6) is -0.139. The number of carbonyl (C=O) groups is 1. The Morgan fingerprint density at radius 3 is 2.79 bits per heavy atom. The number of rotatable bonds is 2. The maximum absolute atomic E-state index is 12.3. The van der Waals surface area contributed by atoms with Crippen molar-refractivity contribution < 1.29 is 4.79 Å². The summed E-state index contributed by atoms with van der Waals surface area (Å²) in [6.07, 6.45) is 0. The van der Waals surface area contributed by atoms with Crippen molar-refractivity contribution in [2.75, 3.05) is 11.1 Å². The van der Waals surface area contributed by atoms with Crippen molar-refractivity contribution >= 4 is 55.8 Å². The van der Waals surface area contributed by atoms with E-state index in [1.807, 2.05) is 31.2 Å². The van der Waals surface area contributed by atoms with Crippen molar-refractivity contribution in [3.05, 3.63) is 55.6 Å². The molecule has 19 heavy (non-hydrogen) atoms. The van der Waals surface area contributed by atoms with Gasteiger partial charge in [-0.25, -0.2) is 0 Å². The van der Waals surface area contributed by atoms with E-state index in [0.717, 1.165) is 13.6 Å². The number of carbonyl (C=O) groups excluding carboxylic acids is 1. The molecule has 0 radical (unpaired) electrons. The van der Waals surface area contributed by atoms with Gasteiger partial charge in [-0.1, -0.05) is 12.1 Å². The van der Waals surface area contributed by atoms with Gasteiger partial charge in [0.25, 0.3) is 5.91 Å². The normalized spacial score (nSPS) is 10.3. The molecule has 2 aromatic carbocycles. The molecule has 5 heteroatoms. The van der Waals surface area contributed by atoms with E-state index in [2.05, 4.69) is 43.8 Å². The van der Waals surface area contributed by atoms with Crippen LogP contribution in [0, 0.1) is 10.5 Å². The molecule has 0 saturated heterocycles. The summed E-state index contributed by atoms with van der Waals surface area (Å²) >= 11 is 5.57. The van der Waals surface area contributed by atoms with E-state index in [1.54, 1.807) is 12.1 Å². The van der Waals surface area contributed by atoms with E-state index < -0.39 is 0 Å². The highest BCUT2D eigenvalue weighted by Gasteiger charge is 2.12. The van der Waals surface area contributed by atoms with E-state index in [-0.39, 0.29) is 5.91 Å². The summed E-state index contributed by atoms with van der Waals surface area (Å²) in [4.78, 5) is 12.3. The molecule has 0 aromatic heterocycles. The van der Waals surface area contributed by atoms with Crippen molar-refractivity contribution in [1.82, 2.24) is 0 Å². The third-order valence-corrected chi connectivity index (χ3v) is 4.80. The topological polar surface area (TPSA) is 55.1 Å². The van der Waals surface area contributed by atoms with Gasteiger partial charge in [0.05, 0.1) is 11.3 Å². The van der Waals surface area contributed by atoms with Gasteiger partial charge in [0, 0.05) is 13.7 Å². The number of amides is 1. The number of hydrogen-bond acceptors (Lipinski definition) is 2. The fourth-order valence-corrected chi connectivity index (χ4v) is 2.60. The van der Waals surface area contributed by atoms with Crippen LogP contribution in [-0.2, 0) is 0 Å². The number of nitrogen functional groups attached to an aromatic ring is 1. The van der Waals surface area contributed by atoms with Crippen LogP contribution in [0.2, 0.25) is 0 Å². The molecule has 0 unspecified atom stereocenters. The number of anilines is 2. The summed E-state index contributed by atoms with van der Waals surface area (Å²) < 4.78 is 1.76. The van der Waals surface area contributed by atoms with Gasteiger partial charge in [-0.3, -0.25) is 4.79 Å². The number of halogens is 2. The lowest BCUT2D eigenvalue weighted by Crippen LogP contribution is -2.14. The monoisotopic (exact) mass is 430 g/mol. The first-order valence-corrected chi connectivity index (χ1v) is 7.47. The smallest absolute Gasteiger partial charge is 0.256 e. The minimum Gasteiger partial charge on any atom is -0.399 e. The minimum atomic E-state index is -0.139. The summed E-state index contributed by atoms with van der Waals surface area (Å²) in [6, 6.07) is 11.0. The Bertz CT molecular complexity index is 643. The number of aryl methyl sites for hydroxylation is 1. The second kappa shape index (κ2) is 5.92. The highest BCUT2D eigenvalue weighted by Crippen LogP contribution is 2.26. The van der Waals surface area contributed by atoms with Gasteiger partial charge < -0.3 is 11.1 Å². The highest BCUT2D eigenvalue weighted by atomic mass is 127. The molecule has 2 rings (SSSR count). The first kappa shape index (κ1) is 14.3. The lowest BCUT2D eigenvalue weighted by molar-refractivity contribution is 0.102. The quantitative estimate of drug-likeness (QED) is 0.554. The molecule has 0 bridgehead atoms. The first-order valence-electron chi connectivity index (χ1n) is 5.60. The van der Waals surface area contributed by atoms with Crippen molar-refractivity contribution in [3.8, 4) is 0 Å². The molecule has 0 aliphatic heterocycles. The molecule has 3 N–H and O–H groups in total. The number of nitrogens with two attached hydrogens (primary N) is 1. The third kappa shape index (κ3) is 3.27. The van der Waals surface area contributed by atoms with Crippen LogP contribution < -0.4 is 11.1 Å². The molecular weight excluding hydrogens is 419 g/mol. The zero-order chi connectivity index (χ0) is 14.0. The molecule has 0 saturated carbocycles. The Hall–Kier alpha value is -1.08. The molecule has 1 amide bonds. The molecule has 2 aromatic rings. The van der Waals surface area contributed by atoms with Gasteiger partial charge in [-0.2, -0.15) is 0 Å². The van der Waals surface area contributed by atoms with Gasteiger partial charge in [0.1, 0.15) is 0 Å². The van der Waals surface area contributed by atoms with E-state index >= 15 is 0 Å². The second-order valence-corrected chi connectivity index (χ2v) is 6.06. The van der Waals surface area contributed by atoms with Crippen LogP contribution in [0.3, 0.4) is 0 Å². The Morgan fingerprint density at radius 1 is 1.32 bits per heavy atom. The van der Waals surface area contributed by atoms with Crippen molar-refractivity contribution in [2.45, 2.75) is 6.92 Å². The van der Waals surface area contributed by atoms with Crippen LogP contribution >= 0.6 is 38.5 Å². The molecule has 0 aliphatic carbocycles. The molecule has 98 valence electrons. The summed E-state index contributed by atoms with van der Waals surface area (Å²) in [5.41, 5.74) is 8.75. The van der Waals surface area contributed by atoms with E-state index in [0.29, 0.717) is 16.9 Å². The Balaban J connectivity index is 2.31. The minimum absolute atomic E-state index is 0.139. The Morgan fingerprint density at radius 2 is 2.05 bits per heavy atom. The molecular formula is C14H12BrIN2O. The summed E-state index contributed by atoms with van der Waals surface area (Å²) in [6.45, 7) is 1.98. The third-order valence-electron chi connectivity index (χ3n) is 2.68. The largest absolute Gasteiger partial charge is 0.399 e. The van der Waals surface area contributed by atoms with Crippen molar-refractivity contribution in [1.29, 1.82) is 0 Å². The standard InChI is InChI=1S/C14H12BrIN2O/c1-8-3-2-4-10(13(8)16)14(19)18-12-7-9(17)5-6-11(12)15/h2-7H,17H2,1H3,(H,18,19). The molecule has 0 heterocycles. The maximum Gasteiger partial charge on any atom is 0.256 e. The number of nitrogens with one attached hydrogen (secondary N) is 1. The maximum atomic E-state index is 12.3. The van der Waals surface area contributed by atoms with Gasteiger partial charge >= 0.3 is 0 Å². The lowest BCUT2D eigenvalue weighted by Gasteiger charge is -2.10. The van der Waals surface area contributed by atoms with Crippen LogP contribution in [0.5, 0.6) is 0 Å². The molecule has 0 atom stereocenters. The first-order chi connectivity index (χ1) is 8.99. The van der Waals surface area contributed by atoms with Crippen molar-refractivity contribution in [3.63, 3.8) is 0 Å². The van der Waals surface area contributed by atoms with Crippen molar-refractivity contribution in [2.24, 2.45) is 0 Å². The second-order valence-electron chi connectivity index (χ2n) is 4.13. The predicted octanol–water partition coefficient (Wildman–Crippen LogP) is 4.20. The average molecular weight is 431 g/mol. The van der Waals surface area contributed by atoms with Crippen LogP contribution in [0.15, 0.2) is 40.9 Å². The molecule has 0 spiro atoms. The van der Waals surface area contributed by atoms with Crippen LogP contribution in [0.25, 0.3) is 0 Å². The zero-order valence-corrected chi connectivity index (χ0v) is 13.9. The van der Waals surface area contributed by atoms with Crippen LogP contribution in [0.1, 0.15) is 15.9 Å².